The maximum atomic E-state index is 11.9. The lowest BCUT2D eigenvalue weighted by Crippen LogP contribution is -2.17. The number of rotatable bonds is 4. The summed E-state index contributed by atoms with van der Waals surface area (Å²) in [5.41, 5.74) is 0.903. The van der Waals surface area contributed by atoms with E-state index in [2.05, 4.69) is 37.9 Å². The zero-order valence-corrected chi connectivity index (χ0v) is 14.5. The Balaban J connectivity index is 2.06. The van der Waals surface area contributed by atoms with Crippen LogP contribution in [0.3, 0.4) is 0 Å². The Hall–Kier alpha value is -1.86. The highest BCUT2D eigenvalue weighted by Crippen LogP contribution is 2.20. The van der Waals surface area contributed by atoms with Crippen LogP contribution in [-0.4, -0.2) is 21.6 Å². The van der Waals surface area contributed by atoms with Crippen molar-refractivity contribution < 1.29 is 4.79 Å². The van der Waals surface area contributed by atoms with E-state index in [4.69, 9.17) is 5.26 Å². The van der Waals surface area contributed by atoms with E-state index in [0.717, 1.165) is 15.3 Å². The van der Waals surface area contributed by atoms with Gasteiger partial charge in [-0.05, 0) is 47.7 Å². The standard InChI is InChI=1S/C14H11IN4O2S/c1-8-11(6-16)13(19-14(21)17-8)22-7-12(20)18-10-4-2-3-9(15)5-10/h2-5H,7H2,1H3,(H,18,20)(H,17,19,21). The van der Waals surface area contributed by atoms with Gasteiger partial charge in [-0.25, -0.2) is 4.79 Å². The zero-order valence-electron chi connectivity index (χ0n) is 11.5. The molecule has 8 heteroatoms. The van der Waals surface area contributed by atoms with Gasteiger partial charge in [-0.15, -0.1) is 0 Å². The van der Waals surface area contributed by atoms with Gasteiger partial charge >= 0.3 is 5.69 Å². The number of nitriles is 1. The maximum Gasteiger partial charge on any atom is 0.346 e. The van der Waals surface area contributed by atoms with Crippen molar-refractivity contribution in [3.63, 3.8) is 0 Å². The number of nitrogens with one attached hydrogen (secondary N) is 2. The molecule has 0 aliphatic carbocycles. The molecule has 2 aromatic rings. The highest BCUT2D eigenvalue weighted by molar-refractivity contribution is 14.1. The summed E-state index contributed by atoms with van der Waals surface area (Å²) in [6, 6.07) is 9.40. The third-order valence-electron chi connectivity index (χ3n) is 2.65. The minimum atomic E-state index is -0.531. The number of aromatic amines is 1. The monoisotopic (exact) mass is 426 g/mol. The lowest BCUT2D eigenvalue weighted by atomic mass is 10.3. The maximum absolute atomic E-state index is 11.9. The summed E-state index contributed by atoms with van der Waals surface area (Å²) in [4.78, 5) is 29.5. The number of hydrogen-bond acceptors (Lipinski definition) is 5. The number of thioether (sulfide) groups is 1. The SMILES string of the molecule is Cc1[nH]c(=O)nc(SCC(=O)Nc2cccc(I)c2)c1C#N. The predicted octanol–water partition coefficient (Wildman–Crippen LogP) is 2.29. The molecule has 0 saturated heterocycles. The second kappa shape index (κ2) is 7.42. The fourth-order valence-electron chi connectivity index (χ4n) is 1.69. The number of nitrogens with zero attached hydrogens (tertiary/aromatic N) is 2. The van der Waals surface area contributed by atoms with Crippen molar-refractivity contribution in [2.75, 3.05) is 11.1 Å². The smallest absolute Gasteiger partial charge is 0.325 e. The molecule has 0 fully saturated rings. The third kappa shape index (κ3) is 4.32. The second-order valence-electron chi connectivity index (χ2n) is 4.31. The lowest BCUT2D eigenvalue weighted by Gasteiger charge is -2.06. The normalized spacial score (nSPS) is 10.0. The fraction of sp³-hybridized carbons (Fsp3) is 0.143. The van der Waals surface area contributed by atoms with Crippen LogP contribution in [0.2, 0.25) is 0 Å². The molecule has 6 nitrogen and oxygen atoms in total. The molecule has 0 atom stereocenters. The number of aryl methyl sites for hydroxylation is 1. The number of H-pyrrole nitrogens is 1. The van der Waals surface area contributed by atoms with Crippen molar-refractivity contribution >= 4 is 45.9 Å². The van der Waals surface area contributed by atoms with Crippen LogP contribution >= 0.6 is 34.4 Å². The van der Waals surface area contributed by atoms with Crippen molar-refractivity contribution in [3.8, 4) is 6.07 Å². The molecule has 0 saturated carbocycles. The molecular formula is C14H11IN4O2S. The molecule has 1 amide bonds. The van der Waals surface area contributed by atoms with Crippen molar-refractivity contribution in [2.45, 2.75) is 11.9 Å². The Kier molecular flexibility index (Phi) is 5.57. The molecule has 1 aromatic heterocycles. The molecule has 1 heterocycles. The molecule has 0 aliphatic heterocycles. The van der Waals surface area contributed by atoms with Gasteiger partial charge in [-0.3, -0.25) is 4.79 Å². The van der Waals surface area contributed by atoms with E-state index in [0.29, 0.717) is 11.4 Å². The Morgan fingerprint density at radius 2 is 2.32 bits per heavy atom. The first-order valence-electron chi connectivity index (χ1n) is 6.19. The number of amides is 1. The third-order valence-corrected chi connectivity index (χ3v) is 4.29. The minimum Gasteiger partial charge on any atom is -0.325 e. The summed E-state index contributed by atoms with van der Waals surface area (Å²) in [6.07, 6.45) is 0. The molecule has 0 aliphatic rings. The first-order valence-corrected chi connectivity index (χ1v) is 8.25. The lowest BCUT2D eigenvalue weighted by molar-refractivity contribution is -0.113. The molecule has 22 heavy (non-hydrogen) atoms. The Bertz CT molecular complexity index is 813. The van der Waals surface area contributed by atoms with E-state index in [-0.39, 0.29) is 22.2 Å². The van der Waals surface area contributed by atoms with E-state index in [1.54, 1.807) is 13.0 Å². The predicted molar refractivity (Wildman–Crippen MR) is 92.8 cm³/mol. The van der Waals surface area contributed by atoms with Crippen molar-refractivity contribution in [3.05, 3.63) is 49.6 Å². The molecule has 0 unspecified atom stereocenters. The topological polar surface area (TPSA) is 98.6 Å². The summed E-state index contributed by atoms with van der Waals surface area (Å²) in [5.74, 6) is -0.161. The number of carbonyl (C=O) groups is 1. The van der Waals surface area contributed by atoms with Gasteiger partial charge in [0.2, 0.25) is 5.91 Å². The zero-order chi connectivity index (χ0) is 16.1. The summed E-state index contributed by atoms with van der Waals surface area (Å²) >= 11 is 3.22. The van der Waals surface area contributed by atoms with Gasteiger partial charge in [-0.2, -0.15) is 10.2 Å². The van der Waals surface area contributed by atoms with E-state index in [1.807, 2.05) is 24.3 Å². The summed E-state index contributed by atoms with van der Waals surface area (Å²) in [7, 11) is 0. The van der Waals surface area contributed by atoms with Crippen LogP contribution in [-0.2, 0) is 4.79 Å². The van der Waals surface area contributed by atoms with Crippen LogP contribution in [0.25, 0.3) is 0 Å². The van der Waals surface area contributed by atoms with Gasteiger partial charge in [0.25, 0.3) is 0 Å². The average molecular weight is 426 g/mol. The van der Waals surface area contributed by atoms with Crippen LogP contribution in [0.15, 0.2) is 34.1 Å². The van der Waals surface area contributed by atoms with Gasteiger partial charge in [0.05, 0.1) is 5.75 Å². The number of anilines is 1. The summed E-state index contributed by atoms with van der Waals surface area (Å²) in [6.45, 7) is 1.62. The molecule has 1 aromatic carbocycles. The first-order chi connectivity index (χ1) is 10.5. The van der Waals surface area contributed by atoms with Crippen molar-refractivity contribution in [1.82, 2.24) is 9.97 Å². The summed E-state index contributed by atoms with van der Waals surface area (Å²) < 4.78 is 1.02. The highest BCUT2D eigenvalue weighted by Gasteiger charge is 2.12. The largest absolute Gasteiger partial charge is 0.346 e. The Morgan fingerprint density at radius 1 is 1.55 bits per heavy atom. The van der Waals surface area contributed by atoms with Gasteiger partial charge in [0, 0.05) is 15.0 Å². The fourth-order valence-corrected chi connectivity index (χ4v) is 3.07. The van der Waals surface area contributed by atoms with Crippen LogP contribution in [0.5, 0.6) is 0 Å². The van der Waals surface area contributed by atoms with E-state index < -0.39 is 5.69 Å². The van der Waals surface area contributed by atoms with Crippen LogP contribution < -0.4 is 11.0 Å². The van der Waals surface area contributed by atoms with Gasteiger partial charge in [0.1, 0.15) is 16.7 Å². The van der Waals surface area contributed by atoms with Crippen LogP contribution in [0.1, 0.15) is 11.3 Å². The van der Waals surface area contributed by atoms with Crippen LogP contribution in [0.4, 0.5) is 5.69 Å². The van der Waals surface area contributed by atoms with E-state index >= 15 is 0 Å². The van der Waals surface area contributed by atoms with Crippen molar-refractivity contribution in [2.24, 2.45) is 0 Å². The Labute approximate surface area is 144 Å². The number of aromatic nitrogens is 2. The van der Waals surface area contributed by atoms with Gasteiger partial charge in [0.15, 0.2) is 0 Å². The summed E-state index contributed by atoms with van der Waals surface area (Å²) in [5, 5.41) is 12.1. The molecule has 2 rings (SSSR count). The molecule has 2 N–H and O–H groups in total. The number of carbonyl (C=O) groups excluding carboxylic acids is 1. The number of benzene rings is 1. The minimum absolute atomic E-state index is 0.0655. The molecule has 0 radical (unpaired) electrons. The molecule has 0 bridgehead atoms. The molecule has 112 valence electrons. The number of halogens is 1. The van der Waals surface area contributed by atoms with Gasteiger partial charge < -0.3 is 10.3 Å². The average Bonchev–Trinajstić information content (AvgIpc) is 2.44. The van der Waals surface area contributed by atoms with E-state index in [1.165, 1.54) is 0 Å². The van der Waals surface area contributed by atoms with Crippen molar-refractivity contribution in [1.29, 1.82) is 5.26 Å². The Morgan fingerprint density at radius 3 is 3.00 bits per heavy atom. The molecular weight excluding hydrogens is 415 g/mol. The second-order valence-corrected chi connectivity index (χ2v) is 6.52. The quantitative estimate of drug-likeness (QED) is 0.444. The van der Waals surface area contributed by atoms with E-state index in [9.17, 15) is 9.59 Å². The highest BCUT2D eigenvalue weighted by atomic mass is 127. The van der Waals surface area contributed by atoms with Crippen LogP contribution in [0, 0.1) is 21.8 Å². The van der Waals surface area contributed by atoms with Gasteiger partial charge in [-0.1, -0.05) is 17.8 Å². The first kappa shape index (κ1) is 16.5. The number of hydrogen-bond donors (Lipinski definition) is 2. The molecule has 0 spiro atoms.